The first kappa shape index (κ1) is 16.8. The highest BCUT2D eigenvalue weighted by atomic mass is 35.5. The van der Waals surface area contributed by atoms with Crippen LogP contribution in [0.25, 0.3) is 0 Å². The number of hydrogen-bond acceptors (Lipinski definition) is 3. The summed E-state index contributed by atoms with van der Waals surface area (Å²) in [6, 6.07) is 7.56. The van der Waals surface area contributed by atoms with Gasteiger partial charge in [0.15, 0.2) is 0 Å². The molecule has 0 unspecified atom stereocenters. The van der Waals surface area contributed by atoms with Gasteiger partial charge < -0.3 is 15.5 Å². The van der Waals surface area contributed by atoms with Gasteiger partial charge in [-0.2, -0.15) is 0 Å². The molecule has 2 aliphatic rings. The van der Waals surface area contributed by atoms with Crippen LogP contribution in [-0.2, 0) is 9.59 Å². The molecule has 2 saturated heterocycles. The van der Waals surface area contributed by atoms with Crippen molar-refractivity contribution in [3.8, 4) is 0 Å². The number of rotatable bonds is 3. The molecule has 1 aromatic rings. The largest absolute Gasteiger partial charge is 0.326 e. The lowest BCUT2D eigenvalue weighted by molar-refractivity contribution is -0.120. The average molecular weight is 324 g/mol. The number of nitrogens with one attached hydrogen (secondary N) is 2. The highest BCUT2D eigenvalue weighted by Crippen LogP contribution is 2.24. The number of carbonyl (C=O) groups excluding carboxylic acids is 2. The molecule has 2 fully saturated rings. The van der Waals surface area contributed by atoms with E-state index < -0.39 is 0 Å². The maximum absolute atomic E-state index is 12.2. The lowest BCUT2D eigenvalue weighted by Crippen LogP contribution is -2.37. The molecule has 1 aromatic carbocycles. The van der Waals surface area contributed by atoms with E-state index in [2.05, 4.69) is 10.6 Å². The van der Waals surface area contributed by atoms with Gasteiger partial charge in [-0.1, -0.05) is 6.07 Å². The molecule has 6 heteroatoms. The maximum Gasteiger partial charge on any atom is 0.228 e. The topological polar surface area (TPSA) is 61.4 Å². The molecule has 0 spiro atoms. The van der Waals surface area contributed by atoms with E-state index in [9.17, 15) is 9.59 Å². The van der Waals surface area contributed by atoms with Crippen LogP contribution in [0.2, 0.25) is 0 Å². The molecule has 2 amide bonds. The summed E-state index contributed by atoms with van der Waals surface area (Å²) < 4.78 is 0. The van der Waals surface area contributed by atoms with Gasteiger partial charge in [-0.05, 0) is 44.0 Å². The Bertz CT molecular complexity index is 544. The van der Waals surface area contributed by atoms with E-state index in [-0.39, 0.29) is 30.1 Å². The summed E-state index contributed by atoms with van der Waals surface area (Å²) in [5.41, 5.74) is 1.64. The Morgan fingerprint density at radius 1 is 1.32 bits per heavy atom. The molecular formula is C16H22ClN3O2. The molecular weight excluding hydrogens is 302 g/mol. The minimum Gasteiger partial charge on any atom is -0.326 e. The molecule has 3 rings (SSSR count). The molecule has 2 N–H and O–H groups in total. The van der Waals surface area contributed by atoms with Crippen molar-refractivity contribution in [2.45, 2.75) is 25.7 Å². The lowest BCUT2D eigenvalue weighted by Gasteiger charge is -2.22. The Morgan fingerprint density at radius 2 is 2.18 bits per heavy atom. The zero-order valence-electron chi connectivity index (χ0n) is 12.5. The first-order valence-electron chi connectivity index (χ1n) is 7.66. The standard InChI is InChI=1S/C16H21N3O2.ClH/c20-15-7-3-9-19(15)14-6-1-5-13(10-14)18-16(21)12-4-2-8-17-11-12;/h1,5-6,10,12,17H,2-4,7-9,11H2,(H,18,21);1H/t12-;/m1./s1. The normalized spacial score (nSPS) is 21.4. The van der Waals surface area contributed by atoms with Crippen molar-refractivity contribution in [1.82, 2.24) is 5.32 Å². The second-order valence-corrected chi connectivity index (χ2v) is 5.73. The number of benzene rings is 1. The van der Waals surface area contributed by atoms with Crippen LogP contribution in [0.5, 0.6) is 0 Å². The molecule has 0 aromatic heterocycles. The SMILES string of the molecule is Cl.O=C(Nc1cccc(N2CCCC2=O)c1)[C@@H]1CCCNC1. The van der Waals surface area contributed by atoms with Gasteiger partial charge in [0.25, 0.3) is 0 Å². The van der Waals surface area contributed by atoms with Crippen LogP contribution in [0.4, 0.5) is 11.4 Å². The van der Waals surface area contributed by atoms with Crippen LogP contribution >= 0.6 is 12.4 Å². The number of anilines is 2. The van der Waals surface area contributed by atoms with Crippen molar-refractivity contribution in [3.05, 3.63) is 24.3 Å². The molecule has 120 valence electrons. The summed E-state index contributed by atoms with van der Waals surface area (Å²) in [5.74, 6) is 0.262. The minimum absolute atomic E-state index is 0. The zero-order valence-corrected chi connectivity index (χ0v) is 13.3. The molecule has 0 bridgehead atoms. The molecule has 0 radical (unpaired) electrons. The fourth-order valence-corrected chi connectivity index (χ4v) is 2.99. The Hall–Kier alpha value is -1.59. The van der Waals surface area contributed by atoms with Gasteiger partial charge in [0.05, 0.1) is 5.92 Å². The van der Waals surface area contributed by atoms with Crippen LogP contribution in [0, 0.1) is 5.92 Å². The highest BCUT2D eigenvalue weighted by Gasteiger charge is 2.23. The summed E-state index contributed by atoms with van der Waals surface area (Å²) in [5, 5.41) is 6.22. The van der Waals surface area contributed by atoms with Crippen molar-refractivity contribution < 1.29 is 9.59 Å². The van der Waals surface area contributed by atoms with Crippen molar-refractivity contribution in [3.63, 3.8) is 0 Å². The van der Waals surface area contributed by atoms with Crippen molar-refractivity contribution >= 4 is 35.6 Å². The number of amides is 2. The van der Waals surface area contributed by atoms with E-state index in [1.807, 2.05) is 24.3 Å². The fraction of sp³-hybridized carbons (Fsp3) is 0.500. The van der Waals surface area contributed by atoms with Gasteiger partial charge in [0.1, 0.15) is 0 Å². The maximum atomic E-state index is 12.2. The Kier molecular flexibility index (Phi) is 5.80. The van der Waals surface area contributed by atoms with Crippen LogP contribution in [0.15, 0.2) is 24.3 Å². The van der Waals surface area contributed by atoms with Gasteiger partial charge in [-0.25, -0.2) is 0 Å². The summed E-state index contributed by atoms with van der Waals surface area (Å²) >= 11 is 0. The van der Waals surface area contributed by atoms with Crippen LogP contribution in [0.1, 0.15) is 25.7 Å². The highest BCUT2D eigenvalue weighted by molar-refractivity contribution is 5.97. The van der Waals surface area contributed by atoms with Crippen molar-refractivity contribution in [2.75, 3.05) is 29.9 Å². The van der Waals surface area contributed by atoms with Gasteiger partial charge in [0, 0.05) is 30.9 Å². The van der Waals surface area contributed by atoms with Gasteiger partial charge in [-0.3, -0.25) is 9.59 Å². The van der Waals surface area contributed by atoms with Gasteiger partial charge in [-0.15, -0.1) is 12.4 Å². The number of halogens is 1. The van der Waals surface area contributed by atoms with Crippen molar-refractivity contribution in [2.24, 2.45) is 5.92 Å². The number of carbonyl (C=O) groups is 2. The number of piperidine rings is 1. The molecule has 5 nitrogen and oxygen atoms in total. The van der Waals surface area contributed by atoms with E-state index in [0.717, 1.165) is 50.3 Å². The second kappa shape index (κ2) is 7.61. The monoisotopic (exact) mass is 323 g/mol. The Morgan fingerprint density at radius 3 is 2.86 bits per heavy atom. The van der Waals surface area contributed by atoms with E-state index >= 15 is 0 Å². The molecule has 0 saturated carbocycles. The quantitative estimate of drug-likeness (QED) is 0.896. The first-order valence-corrected chi connectivity index (χ1v) is 7.66. The zero-order chi connectivity index (χ0) is 14.7. The smallest absolute Gasteiger partial charge is 0.228 e. The Balaban J connectivity index is 0.00000176. The average Bonchev–Trinajstić information content (AvgIpc) is 2.94. The predicted octanol–water partition coefficient (Wildman–Crippen LogP) is 2.17. The lowest BCUT2D eigenvalue weighted by atomic mass is 9.99. The molecule has 1 atom stereocenters. The van der Waals surface area contributed by atoms with E-state index in [1.54, 1.807) is 4.90 Å². The van der Waals surface area contributed by atoms with Gasteiger partial charge in [0.2, 0.25) is 11.8 Å². The van der Waals surface area contributed by atoms with Crippen LogP contribution in [0.3, 0.4) is 0 Å². The molecule has 22 heavy (non-hydrogen) atoms. The number of nitrogens with zero attached hydrogens (tertiary/aromatic N) is 1. The summed E-state index contributed by atoms with van der Waals surface area (Å²) in [7, 11) is 0. The summed E-state index contributed by atoms with van der Waals surface area (Å²) in [4.78, 5) is 25.8. The third-order valence-electron chi connectivity index (χ3n) is 4.17. The molecule has 2 aliphatic heterocycles. The van der Waals surface area contributed by atoms with Gasteiger partial charge >= 0.3 is 0 Å². The van der Waals surface area contributed by atoms with Crippen LogP contribution in [-0.4, -0.2) is 31.4 Å². The number of hydrogen-bond donors (Lipinski definition) is 2. The van der Waals surface area contributed by atoms with Crippen LogP contribution < -0.4 is 15.5 Å². The summed E-state index contributed by atoms with van der Waals surface area (Å²) in [6.45, 7) is 2.51. The fourth-order valence-electron chi connectivity index (χ4n) is 2.99. The first-order chi connectivity index (χ1) is 10.2. The summed E-state index contributed by atoms with van der Waals surface area (Å²) in [6.07, 6.45) is 3.50. The predicted molar refractivity (Wildman–Crippen MR) is 89.5 cm³/mol. The minimum atomic E-state index is 0. The second-order valence-electron chi connectivity index (χ2n) is 5.73. The Labute approximate surface area is 136 Å². The molecule has 2 heterocycles. The third-order valence-corrected chi connectivity index (χ3v) is 4.17. The molecule has 0 aliphatic carbocycles. The van der Waals surface area contributed by atoms with Crippen molar-refractivity contribution in [1.29, 1.82) is 0 Å². The third kappa shape index (κ3) is 3.78. The van der Waals surface area contributed by atoms with E-state index in [4.69, 9.17) is 0 Å². The van der Waals surface area contributed by atoms with E-state index in [1.165, 1.54) is 0 Å². The van der Waals surface area contributed by atoms with E-state index in [0.29, 0.717) is 6.42 Å².